The largest absolute Gasteiger partial charge is 0.378 e. The van der Waals surface area contributed by atoms with Crippen LogP contribution in [-0.2, 0) is 17.9 Å². The van der Waals surface area contributed by atoms with Gasteiger partial charge in [0.05, 0.1) is 12.3 Å². The number of rotatable bonds is 6. The first-order chi connectivity index (χ1) is 8.74. The molecule has 1 saturated heterocycles. The van der Waals surface area contributed by atoms with E-state index in [4.69, 9.17) is 9.72 Å². The zero-order valence-corrected chi connectivity index (χ0v) is 12.3. The lowest BCUT2D eigenvalue weighted by molar-refractivity contribution is 0.181. The monoisotopic (exact) mass is 269 g/mol. The van der Waals surface area contributed by atoms with Gasteiger partial charge in [-0.25, -0.2) is 4.98 Å². The van der Waals surface area contributed by atoms with E-state index in [1.165, 1.54) is 16.4 Å². The summed E-state index contributed by atoms with van der Waals surface area (Å²) in [5.41, 5.74) is 1.10. The van der Waals surface area contributed by atoms with Crippen LogP contribution in [0, 0.1) is 5.92 Å². The van der Waals surface area contributed by atoms with Crippen molar-refractivity contribution in [1.29, 1.82) is 0 Å². The second kappa shape index (κ2) is 6.50. The van der Waals surface area contributed by atoms with E-state index >= 15 is 0 Å². The minimum atomic E-state index is 0.612. The Morgan fingerprint density at radius 1 is 1.56 bits per heavy atom. The Labute approximate surface area is 113 Å². The molecule has 4 nitrogen and oxygen atoms in total. The van der Waals surface area contributed by atoms with E-state index in [0.29, 0.717) is 6.61 Å². The number of aromatic nitrogens is 1. The molecule has 0 saturated carbocycles. The highest BCUT2D eigenvalue weighted by atomic mass is 32.1. The van der Waals surface area contributed by atoms with Crippen molar-refractivity contribution in [3.05, 3.63) is 10.6 Å². The standard InChI is InChI=1S/C13H23N3OS/c1-4-14-7-12-11(9-17-3)15-13(18-12)16-6-5-10(2)8-16/h10,14H,4-9H2,1-3H3. The Hall–Kier alpha value is -0.650. The number of hydrogen-bond donors (Lipinski definition) is 1. The van der Waals surface area contributed by atoms with Crippen molar-refractivity contribution < 1.29 is 4.74 Å². The third-order valence-corrected chi connectivity index (χ3v) is 4.44. The van der Waals surface area contributed by atoms with Gasteiger partial charge in [-0.2, -0.15) is 0 Å². The summed E-state index contributed by atoms with van der Waals surface area (Å²) in [4.78, 5) is 8.47. The summed E-state index contributed by atoms with van der Waals surface area (Å²) in [7, 11) is 1.73. The maximum Gasteiger partial charge on any atom is 0.185 e. The van der Waals surface area contributed by atoms with Gasteiger partial charge in [0.1, 0.15) is 0 Å². The van der Waals surface area contributed by atoms with Crippen LogP contribution in [-0.4, -0.2) is 31.7 Å². The van der Waals surface area contributed by atoms with Gasteiger partial charge in [0.2, 0.25) is 0 Å². The maximum atomic E-state index is 5.24. The van der Waals surface area contributed by atoms with Crippen LogP contribution < -0.4 is 10.2 Å². The van der Waals surface area contributed by atoms with Crippen LogP contribution in [0.4, 0.5) is 5.13 Å². The number of thiazole rings is 1. The summed E-state index contributed by atoms with van der Waals surface area (Å²) in [6.45, 7) is 9.21. The maximum absolute atomic E-state index is 5.24. The van der Waals surface area contributed by atoms with E-state index < -0.39 is 0 Å². The first kappa shape index (κ1) is 13.8. The van der Waals surface area contributed by atoms with Crippen molar-refractivity contribution in [3.8, 4) is 0 Å². The molecular formula is C13H23N3OS. The van der Waals surface area contributed by atoms with Crippen molar-refractivity contribution in [2.75, 3.05) is 31.6 Å². The predicted molar refractivity (Wildman–Crippen MR) is 76.2 cm³/mol. The fraction of sp³-hybridized carbons (Fsp3) is 0.769. The van der Waals surface area contributed by atoms with E-state index in [2.05, 4.69) is 24.1 Å². The first-order valence-corrected chi connectivity index (χ1v) is 7.49. The van der Waals surface area contributed by atoms with Gasteiger partial charge in [-0.3, -0.25) is 0 Å². The van der Waals surface area contributed by atoms with Crippen molar-refractivity contribution in [1.82, 2.24) is 10.3 Å². The highest BCUT2D eigenvalue weighted by Crippen LogP contribution is 2.30. The van der Waals surface area contributed by atoms with Crippen LogP contribution in [0.25, 0.3) is 0 Å². The van der Waals surface area contributed by atoms with E-state index in [0.717, 1.165) is 37.8 Å². The Kier molecular flexibility index (Phi) is 4.97. The fourth-order valence-corrected chi connectivity index (χ4v) is 3.31. The first-order valence-electron chi connectivity index (χ1n) is 6.67. The van der Waals surface area contributed by atoms with Crippen molar-refractivity contribution >= 4 is 16.5 Å². The smallest absolute Gasteiger partial charge is 0.185 e. The summed E-state index contributed by atoms with van der Waals surface area (Å²) in [5.74, 6) is 0.789. The lowest BCUT2D eigenvalue weighted by Gasteiger charge is -2.13. The van der Waals surface area contributed by atoms with Gasteiger partial charge in [-0.15, -0.1) is 11.3 Å². The van der Waals surface area contributed by atoms with Gasteiger partial charge in [0.25, 0.3) is 0 Å². The molecule has 1 unspecified atom stereocenters. The van der Waals surface area contributed by atoms with Crippen LogP contribution in [0.2, 0.25) is 0 Å². The predicted octanol–water partition coefficient (Wildman–Crippen LogP) is 2.25. The minimum absolute atomic E-state index is 0.612. The molecule has 1 aromatic rings. The molecular weight excluding hydrogens is 246 g/mol. The third kappa shape index (κ3) is 3.22. The Morgan fingerprint density at radius 3 is 3.00 bits per heavy atom. The number of ether oxygens (including phenoxy) is 1. The number of nitrogens with one attached hydrogen (secondary N) is 1. The summed E-state index contributed by atoms with van der Waals surface area (Å²) in [6.07, 6.45) is 1.28. The molecule has 102 valence electrons. The highest BCUT2D eigenvalue weighted by Gasteiger charge is 2.22. The topological polar surface area (TPSA) is 37.4 Å². The summed E-state index contributed by atoms with van der Waals surface area (Å²) < 4.78 is 5.24. The van der Waals surface area contributed by atoms with Gasteiger partial charge in [0, 0.05) is 31.6 Å². The van der Waals surface area contributed by atoms with E-state index in [-0.39, 0.29) is 0 Å². The quantitative estimate of drug-likeness (QED) is 0.859. The van der Waals surface area contributed by atoms with E-state index in [9.17, 15) is 0 Å². The average Bonchev–Trinajstić information content (AvgIpc) is 2.94. The number of hydrogen-bond acceptors (Lipinski definition) is 5. The van der Waals surface area contributed by atoms with Gasteiger partial charge in [-0.05, 0) is 18.9 Å². The molecule has 1 fully saturated rings. The van der Waals surface area contributed by atoms with Crippen LogP contribution >= 0.6 is 11.3 Å². The molecule has 0 spiro atoms. The SMILES string of the molecule is CCNCc1sc(N2CCC(C)C2)nc1COC. The van der Waals surface area contributed by atoms with Crippen molar-refractivity contribution in [3.63, 3.8) is 0 Å². The van der Waals surface area contributed by atoms with E-state index in [1.54, 1.807) is 7.11 Å². The second-order valence-corrected chi connectivity index (χ2v) is 5.98. The molecule has 1 aliphatic rings. The lowest BCUT2D eigenvalue weighted by Crippen LogP contribution is -2.18. The molecule has 1 N–H and O–H groups in total. The zero-order chi connectivity index (χ0) is 13.0. The van der Waals surface area contributed by atoms with E-state index in [1.807, 2.05) is 11.3 Å². The molecule has 0 radical (unpaired) electrons. The zero-order valence-electron chi connectivity index (χ0n) is 11.5. The van der Waals surface area contributed by atoms with Gasteiger partial charge in [0.15, 0.2) is 5.13 Å². The van der Waals surface area contributed by atoms with Crippen molar-refractivity contribution in [2.24, 2.45) is 5.92 Å². The molecule has 1 aliphatic heterocycles. The molecule has 0 aliphatic carbocycles. The van der Waals surface area contributed by atoms with Crippen LogP contribution in [0.15, 0.2) is 0 Å². The Bertz CT molecular complexity index is 380. The number of anilines is 1. The Morgan fingerprint density at radius 2 is 2.39 bits per heavy atom. The highest BCUT2D eigenvalue weighted by molar-refractivity contribution is 7.15. The normalized spacial score (nSPS) is 19.7. The van der Waals surface area contributed by atoms with Gasteiger partial charge < -0.3 is 15.0 Å². The van der Waals surface area contributed by atoms with Crippen LogP contribution in [0.5, 0.6) is 0 Å². The molecule has 1 atom stereocenters. The van der Waals surface area contributed by atoms with Crippen LogP contribution in [0.3, 0.4) is 0 Å². The lowest BCUT2D eigenvalue weighted by atomic mass is 10.2. The molecule has 18 heavy (non-hydrogen) atoms. The molecule has 5 heteroatoms. The molecule has 2 rings (SSSR count). The molecule has 0 aromatic carbocycles. The minimum Gasteiger partial charge on any atom is -0.378 e. The van der Waals surface area contributed by atoms with Gasteiger partial charge in [-0.1, -0.05) is 13.8 Å². The summed E-state index contributed by atoms with van der Waals surface area (Å²) >= 11 is 1.81. The third-order valence-electron chi connectivity index (χ3n) is 3.28. The molecule has 2 heterocycles. The summed E-state index contributed by atoms with van der Waals surface area (Å²) in [6, 6.07) is 0. The fourth-order valence-electron chi connectivity index (χ4n) is 2.24. The molecule has 0 amide bonds. The molecule has 1 aromatic heterocycles. The molecule has 0 bridgehead atoms. The average molecular weight is 269 g/mol. The number of methoxy groups -OCH3 is 1. The van der Waals surface area contributed by atoms with Gasteiger partial charge >= 0.3 is 0 Å². The Balaban J connectivity index is 2.10. The summed E-state index contributed by atoms with van der Waals surface area (Å²) in [5, 5.41) is 4.54. The van der Waals surface area contributed by atoms with Crippen molar-refractivity contribution in [2.45, 2.75) is 33.4 Å². The second-order valence-electron chi connectivity index (χ2n) is 4.92. The van der Waals surface area contributed by atoms with Crippen LogP contribution in [0.1, 0.15) is 30.8 Å². The number of nitrogens with zero attached hydrogens (tertiary/aromatic N) is 2.